The molecule has 0 unspecified atom stereocenters. The fourth-order valence-corrected chi connectivity index (χ4v) is 1.50. The van der Waals surface area contributed by atoms with Crippen molar-refractivity contribution in [3.63, 3.8) is 0 Å². The molecule has 1 rings (SSSR count). The molecule has 0 aromatic carbocycles. The van der Waals surface area contributed by atoms with Gasteiger partial charge in [0.2, 0.25) is 5.91 Å². The first kappa shape index (κ1) is 10.3. The Hall–Kier alpha value is -0.830. The first-order valence-electron chi connectivity index (χ1n) is 4.77. The van der Waals surface area contributed by atoms with Crippen molar-refractivity contribution in [3.8, 4) is 0 Å². The summed E-state index contributed by atoms with van der Waals surface area (Å²) in [5, 5.41) is 3.26. The lowest BCUT2D eigenvalue weighted by Gasteiger charge is -2.33. The highest BCUT2D eigenvalue weighted by atomic mass is 16.2. The van der Waals surface area contributed by atoms with Gasteiger partial charge in [-0.15, -0.1) is 0 Å². The number of carbonyl (C=O) groups is 1. The molecule has 13 heavy (non-hydrogen) atoms. The highest BCUT2D eigenvalue weighted by Crippen LogP contribution is 2.04. The summed E-state index contributed by atoms with van der Waals surface area (Å²) in [6, 6.07) is 0.317. The van der Waals surface area contributed by atoms with E-state index in [0.29, 0.717) is 6.04 Å². The maximum atomic E-state index is 11.6. The van der Waals surface area contributed by atoms with Gasteiger partial charge in [0.05, 0.1) is 0 Å². The topological polar surface area (TPSA) is 32.3 Å². The van der Waals surface area contributed by atoms with Crippen molar-refractivity contribution in [2.75, 3.05) is 19.6 Å². The molecule has 1 saturated heterocycles. The second kappa shape index (κ2) is 4.42. The number of hydrogen-bond acceptors (Lipinski definition) is 2. The van der Waals surface area contributed by atoms with Gasteiger partial charge in [-0.25, -0.2) is 0 Å². The Morgan fingerprint density at radius 3 is 2.77 bits per heavy atom. The van der Waals surface area contributed by atoms with Crippen LogP contribution in [-0.2, 0) is 4.79 Å². The molecular weight excluding hydrogens is 164 g/mol. The molecule has 3 heteroatoms. The number of nitrogens with one attached hydrogen (secondary N) is 1. The van der Waals surface area contributed by atoms with Gasteiger partial charge in [-0.05, 0) is 20.8 Å². The van der Waals surface area contributed by atoms with Crippen molar-refractivity contribution in [3.05, 3.63) is 11.6 Å². The van der Waals surface area contributed by atoms with Gasteiger partial charge in [-0.1, -0.05) is 5.57 Å². The third kappa shape index (κ3) is 2.84. The lowest BCUT2D eigenvalue weighted by molar-refractivity contribution is -0.128. The quantitative estimate of drug-likeness (QED) is 0.608. The summed E-state index contributed by atoms with van der Waals surface area (Å²) in [6.45, 7) is 8.61. The molecule has 1 atom stereocenters. The summed E-state index contributed by atoms with van der Waals surface area (Å²) in [6.07, 6.45) is 1.71. The van der Waals surface area contributed by atoms with Gasteiger partial charge in [0.25, 0.3) is 0 Å². The Kier molecular flexibility index (Phi) is 3.48. The van der Waals surface area contributed by atoms with E-state index in [0.717, 1.165) is 25.2 Å². The summed E-state index contributed by atoms with van der Waals surface area (Å²) in [5.74, 6) is 0.147. The third-order valence-electron chi connectivity index (χ3n) is 2.20. The Balaban J connectivity index is 2.59. The molecule has 0 aliphatic carbocycles. The standard InChI is InChI=1S/C10H18N2O/c1-8(2)6-10(13)12-5-4-11-7-9(12)3/h6,9,11H,4-5,7H2,1-3H3/t9-/m0/s1. The minimum Gasteiger partial charge on any atom is -0.334 e. The molecular formula is C10H18N2O. The van der Waals surface area contributed by atoms with Crippen LogP contribution in [0, 0.1) is 0 Å². The molecule has 0 aromatic rings. The Bertz CT molecular complexity index is 219. The van der Waals surface area contributed by atoms with Gasteiger partial charge in [0.15, 0.2) is 0 Å². The van der Waals surface area contributed by atoms with E-state index in [1.807, 2.05) is 18.7 Å². The normalized spacial score (nSPS) is 22.7. The smallest absolute Gasteiger partial charge is 0.246 e. The number of nitrogens with zero attached hydrogens (tertiary/aromatic N) is 1. The number of rotatable bonds is 1. The lowest BCUT2D eigenvalue weighted by atomic mass is 10.2. The molecule has 0 saturated carbocycles. The Morgan fingerprint density at radius 2 is 2.23 bits per heavy atom. The number of amides is 1. The predicted octanol–water partition coefficient (Wildman–Crippen LogP) is 0.773. The van der Waals surface area contributed by atoms with Crippen LogP contribution >= 0.6 is 0 Å². The predicted molar refractivity (Wildman–Crippen MR) is 53.5 cm³/mol. The fourth-order valence-electron chi connectivity index (χ4n) is 1.50. The van der Waals surface area contributed by atoms with Gasteiger partial charge in [0.1, 0.15) is 0 Å². The number of allylic oxidation sites excluding steroid dienone is 1. The van der Waals surface area contributed by atoms with Gasteiger partial charge in [-0.2, -0.15) is 0 Å². The van der Waals surface area contributed by atoms with Gasteiger partial charge in [-0.3, -0.25) is 4.79 Å². The molecule has 1 aliphatic heterocycles. The SMILES string of the molecule is CC(C)=CC(=O)N1CCNC[C@@H]1C. The average molecular weight is 182 g/mol. The molecule has 3 nitrogen and oxygen atoms in total. The maximum absolute atomic E-state index is 11.6. The summed E-state index contributed by atoms with van der Waals surface area (Å²) < 4.78 is 0. The summed E-state index contributed by atoms with van der Waals surface area (Å²) in [4.78, 5) is 13.6. The second-order valence-electron chi connectivity index (χ2n) is 3.81. The van der Waals surface area contributed by atoms with Crippen LogP contribution in [0.25, 0.3) is 0 Å². The molecule has 1 aliphatic rings. The average Bonchev–Trinajstić information content (AvgIpc) is 2.03. The van der Waals surface area contributed by atoms with E-state index in [2.05, 4.69) is 12.2 Å². The number of piperazine rings is 1. The van der Waals surface area contributed by atoms with Crippen molar-refractivity contribution >= 4 is 5.91 Å². The van der Waals surface area contributed by atoms with Crippen molar-refractivity contribution in [2.45, 2.75) is 26.8 Å². The summed E-state index contributed by atoms with van der Waals surface area (Å²) in [7, 11) is 0. The van der Waals surface area contributed by atoms with Crippen LogP contribution in [0.3, 0.4) is 0 Å². The maximum Gasteiger partial charge on any atom is 0.246 e. The van der Waals surface area contributed by atoms with E-state index in [9.17, 15) is 4.79 Å². The van der Waals surface area contributed by atoms with Crippen LogP contribution in [0.2, 0.25) is 0 Å². The summed E-state index contributed by atoms with van der Waals surface area (Å²) in [5.41, 5.74) is 1.07. The zero-order valence-electron chi connectivity index (χ0n) is 8.63. The molecule has 1 amide bonds. The highest BCUT2D eigenvalue weighted by molar-refractivity contribution is 5.88. The zero-order valence-corrected chi connectivity index (χ0v) is 8.63. The first-order chi connectivity index (χ1) is 6.11. The molecule has 74 valence electrons. The highest BCUT2D eigenvalue weighted by Gasteiger charge is 2.20. The Labute approximate surface area is 79.8 Å². The molecule has 0 spiro atoms. The van der Waals surface area contributed by atoms with E-state index < -0.39 is 0 Å². The van der Waals surface area contributed by atoms with E-state index in [1.165, 1.54) is 0 Å². The van der Waals surface area contributed by atoms with Gasteiger partial charge in [0, 0.05) is 31.8 Å². The van der Waals surface area contributed by atoms with E-state index in [1.54, 1.807) is 6.08 Å². The van der Waals surface area contributed by atoms with Crippen LogP contribution in [0.1, 0.15) is 20.8 Å². The van der Waals surface area contributed by atoms with Crippen LogP contribution in [-0.4, -0.2) is 36.5 Å². The first-order valence-corrected chi connectivity index (χ1v) is 4.77. The zero-order chi connectivity index (χ0) is 9.84. The minimum absolute atomic E-state index is 0.147. The van der Waals surface area contributed by atoms with E-state index in [-0.39, 0.29) is 5.91 Å². The van der Waals surface area contributed by atoms with Crippen molar-refractivity contribution in [1.29, 1.82) is 0 Å². The lowest BCUT2D eigenvalue weighted by Crippen LogP contribution is -2.51. The monoisotopic (exact) mass is 182 g/mol. The van der Waals surface area contributed by atoms with Crippen molar-refractivity contribution < 1.29 is 4.79 Å². The van der Waals surface area contributed by atoms with E-state index >= 15 is 0 Å². The van der Waals surface area contributed by atoms with Crippen LogP contribution in [0.15, 0.2) is 11.6 Å². The van der Waals surface area contributed by atoms with Gasteiger partial charge >= 0.3 is 0 Å². The summed E-state index contributed by atoms with van der Waals surface area (Å²) >= 11 is 0. The van der Waals surface area contributed by atoms with Crippen molar-refractivity contribution in [1.82, 2.24) is 10.2 Å². The molecule has 1 heterocycles. The third-order valence-corrected chi connectivity index (χ3v) is 2.20. The Morgan fingerprint density at radius 1 is 1.54 bits per heavy atom. The minimum atomic E-state index is 0.147. The van der Waals surface area contributed by atoms with E-state index in [4.69, 9.17) is 0 Å². The van der Waals surface area contributed by atoms with Crippen LogP contribution < -0.4 is 5.32 Å². The largest absolute Gasteiger partial charge is 0.334 e. The van der Waals surface area contributed by atoms with Crippen LogP contribution in [0.5, 0.6) is 0 Å². The number of carbonyl (C=O) groups excluding carboxylic acids is 1. The fraction of sp³-hybridized carbons (Fsp3) is 0.700. The second-order valence-corrected chi connectivity index (χ2v) is 3.81. The van der Waals surface area contributed by atoms with Crippen molar-refractivity contribution in [2.24, 2.45) is 0 Å². The molecule has 0 bridgehead atoms. The number of hydrogen-bond donors (Lipinski definition) is 1. The van der Waals surface area contributed by atoms with Gasteiger partial charge < -0.3 is 10.2 Å². The molecule has 0 radical (unpaired) electrons. The molecule has 0 aromatic heterocycles. The molecule has 1 N–H and O–H groups in total. The van der Waals surface area contributed by atoms with Crippen LogP contribution in [0.4, 0.5) is 0 Å². The molecule has 1 fully saturated rings.